The van der Waals surface area contributed by atoms with Crippen LogP contribution in [0.4, 0.5) is 0 Å². The Morgan fingerprint density at radius 3 is 2.32 bits per heavy atom. The van der Waals surface area contributed by atoms with Gasteiger partial charge in [0, 0.05) is 38.8 Å². The summed E-state index contributed by atoms with van der Waals surface area (Å²) in [4.78, 5) is 6.73. The second-order valence-electron chi connectivity index (χ2n) is 6.99. The lowest BCUT2D eigenvalue weighted by atomic mass is 9.93. The maximum atomic E-state index is 4.37. The molecule has 0 spiro atoms. The molecule has 0 saturated carbocycles. The van der Waals surface area contributed by atoms with Gasteiger partial charge < -0.3 is 15.5 Å². The van der Waals surface area contributed by atoms with Gasteiger partial charge in [-0.05, 0) is 32.6 Å². The molecule has 0 aromatic heterocycles. The first-order valence-corrected chi connectivity index (χ1v) is 6.94. The molecule has 0 radical (unpaired) electrons. The van der Waals surface area contributed by atoms with Crippen molar-refractivity contribution < 1.29 is 0 Å². The van der Waals surface area contributed by atoms with Crippen LogP contribution in [0.2, 0.25) is 0 Å². The monoisotopic (exact) mass is 382 g/mol. The SMILES string of the molecule is CN=C(NCCNC(C)(C)C)N1CCC(C)(C)C1.I. The summed E-state index contributed by atoms with van der Waals surface area (Å²) in [5.74, 6) is 1.04. The van der Waals surface area contributed by atoms with Gasteiger partial charge in [0.05, 0.1) is 0 Å². The fourth-order valence-corrected chi connectivity index (χ4v) is 2.24. The van der Waals surface area contributed by atoms with Crippen LogP contribution in [-0.2, 0) is 0 Å². The summed E-state index contributed by atoms with van der Waals surface area (Å²) >= 11 is 0. The van der Waals surface area contributed by atoms with Crippen LogP contribution >= 0.6 is 24.0 Å². The van der Waals surface area contributed by atoms with Gasteiger partial charge in [-0.2, -0.15) is 0 Å². The fraction of sp³-hybridized carbons (Fsp3) is 0.929. The van der Waals surface area contributed by atoms with Gasteiger partial charge >= 0.3 is 0 Å². The Morgan fingerprint density at radius 2 is 1.89 bits per heavy atom. The molecule has 5 heteroatoms. The normalized spacial score (nSPS) is 19.3. The van der Waals surface area contributed by atoms with Crippen LogP contribution in [0, 0.1) is 5.41 Å². The van der Waals surface area contributed by atoms with Crippen LogP contribution in [0.25, 0.3) is 0 Å². The molecule has 0 atom stereocenters. The Bertz CT molecular complexity index is 294. The van der Waals surface area contributed by atoms with Crippen molar-refractivity contribution >= 4 is 29.9 Å². The third kappa shape index (κ3) is 7.34. The highest BCUT2D eigenvalue weighted by Gasteiger charge is 2.30. The molecule has 1 rings (SSSR count). The molecule has 0 aliphatic carbocycles. The van der Waals surface area contributed by atoms with Crippen LogP contribution in [0.1, 0.15) is 41.0 Å². The zero-order valence-electron chi connectivity index (χ0n) is 13.3. The minimum atomic E-state index is 0. The Morgan fingerprint density at radius 1 is 1.26 bits per heavy atom. The number of aliphatic imine (C=N–C) groups is 1. The summed E-state index contributed by atoms with van der Waals surface area (Å²) in [7, 11) is 1.87. The number of rotatable bonds is 3. The molecular formula is C14H31IN4. The molecule has 0 aromatic carbocycles. The minimum absolute atomic E-state index is 0. The smallest absolute Gasteiger partial charge is 0.193 e. The highest BCUT2D eigenvalue weighted by atomic mass is 127. The maximum Gasteiger partial charge on any atom is 0.193 e. The maximum absolute atomic E-state index is 4.37. The molecule has 114 valence electrons. The zero-order valence-corrected chi connectivity index (χ0v) is 15.7. The van der Waals surface area contributed by atoms with Gasteiger partial charge in [0.15, 0.2) is 5.96 Å². The van der Waals surface area contributed by atoms with Gasteiger partial charge in [-0.15, -0.1) is 24.0 Å². The number of likely N-dealkylation sites (tertiary alicyclic amines) is 1. The minimum Gasteiger partial charge on any atom is -0.355 e. The number of halogens is 1. The van der Waals surface area contributed by atoms with Crippen molar-refractivity contribution in [3.8, 4) is 0 Å². The molecule has 4 nitrogen and oxygen atoms in total. The quantitative estimate of drug-likeness (QED) is 0.341. The zero-order chi connectivity index (χ0) is 13.8. The van der Waals surface area contributed by atoms with E-state index in [0.717, 1.165) is 32.1 Å². The number of nitrogens with one attached hydrogen (secondary N) is 2. The van der Waals surface area contributed by atoms with Crippen molar-refractivity contribution in [2.75, 3.05) is 33.2 Å². The molecule has 1 fully saturated rings. The van der Waals surface area contributed by atoms with E-state index in [2.05, 4.69) is 55.1 Å². The highest BCUT2D eigenvalue weighted by Crippen LogP contribution is 2.28. The number of hydrogen-bond donors (Lipinski definition) is 2. The Hall–Kier alpha value is -0.0400. The molecule has 1 aliphatic heterocycles. The lowest BCUT2D eigenvalue weighted by Gasteiger charge is -2.25. The first-order valence-electron chi connectivity index (χ1n) is 6.94. The summed E-state index contributed by atoms with van der Waals surface area (Å²) in [6, 6.07) is 0. The molecule has 1 saturated heterocycles. The summed E-state index contributed by atoms with van der Waals surface area (Å²) in [6.45, 7) is 15.3. The van der Waals surface area contributed by atoms with Crippen molar-refractivity contribution in [1.82, 2.24) is 15.5 Å². The van der Waals surface area contributed by atoms with E-state index in [0.29, 0.717) is 5.41 Å². The first-order chi connectivity index (χ1) is 8.23. The highest BCUT2D eigenvalue weighted by molar-refractivity contribution is 14.0. The summed E-state index contributed by atoms with van der Waals surface area (Å²) in [6.07, 6.45) is 1.24. The van der Waals surface area contributed by atoms with Crippen LogP contribution in [0.3, 0.4) is 0 Å². The van der Waals surface area contributed by atoms with Crippen molar-refractivity contribution in [2.24, 2.45) is 10.4 Å². The van der Waals surface area contributed by atoms with E-state index < -0.39 is 0 Å². The van der Waals surface area contributed by atoms with Crippen molar-refractivity contribution in [3.05, 3.63) is 0 Å². The second kappa shape index (κ2) is 7.67. The van der Waals surface area contributed by atoms with Gasteiger partial charge in [0.2, 0.25) is 0 Å². The van der Waals surface area contributed by atoms with Gasteiger partial charge in [-0.3, -0.25) is 4.99 Å². The largest absolute Gasteiger partial charge is 0.355 e. The van der Waals surface area contributed by atoms with Crippen molar-refractivity contribution in [3.63, 3.8) is 0 Å². The number of hydrogen-bond acceptors (Lipinski definition) is 2. The summed E-state index contributed by atoms with van der Waals surface area (Å²) in [5.41, 5.74) is 0.599. The van der Waals surface area contributed by atoms with Crippen LogP contribution in [0.15, 0.2) is 4.99 Å². The van der Waals surface area contributed by atoms with Crippen LogP contribution in [0.5, 0.6) is 0 Å². The van der Waals surface area contributed by atoms with Gasteiger partial charge in [0.25, 0.3) is 0 Å². The molecule has 0 amide bonds. The molecule has 2 N–H and O–H groups in total. The second-order valence-corrected chi connectivity index (χ2v) is 6.99. The van der Waals surface area contributed by atoms with E-state index in [1.54, 1.807) is 0 Å². The molecule has 0 bridgehead atoms. The number of guanidine groups is 1. The fourth-order valence-electron chi connectivity index (χ4n) is 2.24. The predicted molar refractivity (Wildman–Crippen MR) is 94.5 cm³/mol. The van der Waals surface area contributed by atoms with E-state index in [4.69, 9.17) is 0 Å². The van der Waals surface area contributed by atoms with Crippen LogP contribution in [-0.4, -0.2) is 49.6 Å². The third-order valence-electron chi connectivity index (χ3n) is 3.25. The molecule has 0 aromatic rings. The first kappa shape index (κ1) is 19.0. The van der Waals surface area contributed by atoms with Gasteiger partial charge in [0.1, 0.15) is 0 Å². The predicted octanol–water partition coefficient (Wildman–Crippen LogP) is 2.30. The lowest BCUT2D eigenvalue weighted by molar-refractivity contribution is 0.369. The van der Waals surface area contributed by atoms with Gasteiger partial charge in [-0.1, -0.05) is 13.8 Å². The summed E-state index contributed by atoms with van der Waals surface area (Å²) in [5, 5.41) is 6.91. The number of nitrogens with zero attached hydrogens (tertiary/aromatic N) is 2. The Balaban J connectivity index is 0.00000324. The molecule has 0 unspecified atom stereocenters. The lowest BCUT2D eigenvalue weighted by Crippen LogP contribution is -2.45. The Kier molecular flexibility index (Phi) is 7.65. The molecule has 1 heterocycles. The van der Waals surface area contributed by atoms with Gasteiger partial charge in [-0.25, -0.2) is 0 Å². The molecule has 1 aliphatic rings. The van der Waals surface area contributed by atoms with E-state index in [-0.39, 0.29) is 29.5 Å². The standard InChI is InChI=1S/C14H30N4.HI/c1-13(2,3)17-9-8-16-12(15-6)18-10-7-14(4,5)11-18;/h17H,7-11H2,1-6H3,(H,15,16);1H. The Labute approximate surface area is 135 Å². The average Bonchev–Trinajstić information content (AvgIpc) is 2.57. The van der Waals surface area contributed by atoms with Crippen molar-refractivity contribution in [1.29, 1.82) is 0 Å². The summed E-state index contributed by atoms with van der Waals surface area (Å²) < 4.78 is 0. The van der Waals surface area contributed by atoms with Crippen LogP contribution < -0.4 is 10.6 Å². The van der Waals surface area contributed by atoms with E-state index >= 15 is 0 Å². The average molecular weight is 382 g/mol. The van der Waals surface area contributed by atoms with E-state index in [1.807, 2.05) is 7.05 Å². The topological polar surface area (TPSA) is 39.7 Å². The van der Waals surface area contributed by atoms with E-state index in [9.17, 15) is 0 Å². The molecular weight excluding hydrogens is 351 g/mol. The van der Waals surface area contributed by atoms with Crippen molar-refractivity contribution in [2.45, 2.75) is 46.6 Å². The third-order valence-corrected chi connectivity index (χ3v) is 3.25. The van der Waals surface area contributed by atoms with E-state index in [1.165, 1.54) is 6.42 Å². The molecule has 19 heavy (non-hydrogen) atoms.